The zero-order valence-corrected chi connectivity index (χ0v) is 10.4. The lowest BCUT2D eigenvalue weighted by Crippen LogP contribution is -2.22. The minimum absolute atomic E-state index is 0.150. The van der Waals surface area contributed by atoms with Gasteiger partial charge in [-0.15, -0.1) is 11.6 Å². The maximum absolute atomic E-state index is 11.5. The van der Waals surface area contributed by atoms with E-state index >= 15 is 0 Å². The lowest BCUT2D eigenvalue weighted by atomic mass is 10.1. The van der Waals surface area contributed by atoms with E-state index in [1.54, 1.807) is 18.2 Å². The largest absolute Gasteiger partial charge is 0.268 e. The van der Waals surface area contributed by atoms with Crippen LogP contribution in [-0.4, -0.2) is 15.7 Å². The molecule has 2 aromatic rings. The second kappa shape index (κ2) is 5.34. The number of aryl methyl sites for hydroxylation is 1. The van der Waals surface area contributed by atoms with Crippen molar-refractivity contribution in [3.05, 3.63) is 51.8 Å². The van der Waals surface area contributed by atoms with Gasteiger partial charge in [-0.05, 0) is 18.2 Å². The maximum atomic E-state index is 11.5. The molecule has 88 valence electrons. The van der Waals surface area contributed by atoms with Crippen LogP contribution in [0.25, 0.3) is 11.3 Å². The molecule has 0 aliphatic rings. The highest BCUT2D eigenvalue weighted by Crippen LogP contribution is 2.18. The molecule has 0 saturated heterocycles. The zero-order chi connectivity index (χ0) is 12.3. The van der Waals surface area contributed by atoms with E-state index in [-0.39, 0.29) is 5.56 Å². The predicted octanol–water partition coefficient (Wildman–Crippen LogP) is 2.80. The fraction of sp³-hybridized carbons (Fsp3) is 0.167. The summed E-state index contributed by atoms with van der Waals surface area (Å²) >= 11 is 11.4. The fourth-order valence-electron chi connectivity index (χ4n) is 1.46. The standard InChI is InChI=1S/C12H10Cl2N2O/c13-7-8-16-12(17)6-5-11(15-16)9-1-3-10(14)4-2-9/h1-6H,7-8H2. The first kappa shape index (κ1) is 12.1. The number of nitrogens with zero attached hydrogens (tertiary/aromatic N) is 2. The van der Waals surface area contributed by atoms with Gasteiger partial charge in [0.05, 0.1) is 12.2 Å². The number of halogens is 2. The zero-order valence-electron chi connectivity index (χ0n) is 8.94. The van der Waals surface area contributed by atoms with Crippen molar-refractivity contribution in [1.82, 2.24) is 9.78 Å². The van der Waals surface area contributed by atoms with Gasteiger partial charge in [0, 0.05) is 22.5 Å². The average Bonchev–Trinajstić information content (AvgIpc) is 2.33. The molecule has 0 aliphatic heterocycles. The summed E-state index contributed by atoms with van der Waals surface area (Å²) in [5, 5.41) is 4.91. The summed E-state index contributed by atoms with van der Waals surface area (Å²) < 4.78 is 1.36. The Balaban J connectivity index is 2.42. The van der Waals surface area contributed by atoms with Crippen LogP contribution in [0.5, 0.6) is 0 Å². The minimum Gasteiger partial charge on any atom is -0.268 e. The third-order valence-corrected chi connectivity index (χ3v) is 2.72. The third kappa shape index (κ3) is 2.87. The van der Waals surface area contributed by atoms with Crippen molar-refractivity contribution >= 4 is 23.2 Å². The van der Waals surface area contributed by atoms with E-state index in [1.807, 2.05) is 12.1 Å². The summed E-state index contributed by atoms with van der Waals surface area (Å²) in [7, 11) is 0. The summed E-state index contributed by atoms with van der Waals surface area (Å²) in [6.07, 6.45) is 0. The lowest BCUT2D eigenvalue weighted by Gasteiger charge is -2.05. The number of rotatable bonds is 3. The van der Waals surface area contributed by atoms with Crippen LogP contribution in [0.3, 0.4) is 0 Å². The van der Waals surface area contributed by atoms with Crippen molar-refractivity contribution in [1.29, 1.82) is 0 Å². The van der Waals surface area contributed by atoms with Crippen LogP contribution < -0.4 is 5.56 Å². The van der Waals surface area contributed by atoms with Gasteiger partial charge >= 0.3 is 0 Å². The fourth-order valence-corrected chi connectivity index (χ4v) is 1.75. The Hall–Kier alpha value is -1.32. The number of alkyl halides is 1. The molecule has 0 amide bonds. The number of aromatic nitrogens is 2. The Labute approximate surface area is 109 Å². The van der Waals surface area contributed by atoms with E-state index in [2.05, 4.69) is 5.10 Å². The number of hydrogen-bond acceptors (Lipinski definition) is 2. The van der Waals surface area contributed by atoms with E-state index in [4.69, 9.17) is 23.2 Å². The van der Waals surface area contributed by atoms with Crippen molar-refractivity contribution in [2.75, 3.05) is 5.88 Å². The van der Waals surface area contributed by atoms with Crippen molar-refractivity contribution in [3.8, 4) is 11.3 Å². The molecule has 0 atom stereocenters. The monoisotopic (exact) mass is 268 g/mol. The van der Waals surface area contributed by atoms with Crippen LogP contribution in [0.15, 0.2) is 41.2 Å². The maximum Gasteiger partial charge on any atom is 0.266 e. The molecule has 0 spiro atoms. The highest BCUT2D eigenvalue weighted by atomic mass is 35.5. The van der Waals surface area contributed by atoms with Gasteiger partial charge in [-0.25, -0.2) is 4.68 Å². The van der Waals surface area contributed by atoms with Crippen molar-refractivity contribution in [2.45, 2.75) is 6.54 Å². The Bertz CT molecular complexity index is 563. The average molecular weight is 269 g/mol. The molecule has 0 saturated carbocycles. The van der Waals surface area contributed by atoms with Gasteiger partial charge in [0.1, 0.15) is 0 Å². The van der Waals surface area contributed by atoms with Crippen LogP contribution in [0.1, 0.15) is 0 Å². The Morgan fingerprint density at radius 1 is 1.12 bits per heavy atom. The van der Waals surface area contributed by atoms with Gasteiger partial charge in [-0.2, -0.15) is 5.10 Å². The van der Waals surface area contributed by atoms with Gasteiger partial charge in [-0.1, -0.05) is 23.7 Å². The Morgan fingerprint density at radius 3 is 2.47 bits per heavy atom. The first-order chi connectivity index (χ1) is 8.20. The second-order valence-electron chi connectivity index (χ2n) is 3.48. The molecule has 0 aliphatic carbocycles. The normalized spacial score (nSPS) is 10.5. The van der Waals surface area contributed by atoms with Gasteiger partial charge in [0.25, 0.3) is 5.56 Å². The van der Waals surface area contributed by atoms with Crippen molar-refractivity contribution in [3.63, 3.8) is 0 Å². The van der Waals surface area contributed by atoms with E-state index in [9.17, 15) is 4.79 Å². The molecule has 5 heteroatoms. The van der Waals surface area contributed by atoms with Crippen LogP contribution in [0.4, 0.5) is 0 Å². The van der Waals surface area contributed by atoms with Crippen LogP contribution >= 0.6 is 23.2 Å². The molecule has 1 heterocycles. The summed E-state index contributed by atoms with van der Waals surface area (Å²) in [5.41, 5.74) is 1.49. The molecule has 1 aromatic carbocycles. The smallest absolute Gasteiger partial charge is 0.266 e. The Kier molecular flexibility index (Phi) is 3.82. The first-order valence-electron chi connectivity index (χ1n) is 5.11. The van der Waals surface area contributed by atoms with Crippen molar-refractivity contribution < 1.29 is 0 Å². The van der Waals surface area contributed by atoms with E-state index in [0.29, 0.717) is 17.4 Å². The quantitative estimate of drug-likeness (QED) is 0.803. The summed E-state index contributed by atoms with van der Waals surface area (Å²) in [4.78, 5) is 11.5. The molecule has 2 rings (SSSR count). The molecule has 0 N–H and O–H groups in total. The van der Waals surface area contributed by atoms with Gasteiger partial charge in [0.2, 0.25) is 0 Å². The molecule has 1 aromatic heterocycles. The molecule has 3 nitrogen and oxygen atoms in total. The summed E-state index contributed by atoms with van der Waals surface area (Å²) in [6, 6.07) is 10.5. The van der Waals surface area contributed by atoms with Gasteiger partial charge in [0.15, 0.2) is 0 Å². The molecule has 0 radical (unpaired) electrons. The van der Waals surface area contributed by atoms with E-state index < -0.39 is 0 Å². The highest BCUT2D eigenvalue weighted by molar-refractivity contribution is 6.30. The molecule has 0 fully saturated rings. The van der Waals surface area contributed by atoms with E-state index in [0.717, 1.165) is 11.3 Å². The van der Waals surface area contributed by atoms with Crippen LogP contribution in [-0.2, 0) is 6.54 Å². The first-order valence-corrected chi connectivity index (χ1v) is 6.02. The van der Waals surface area contributed by atoms with Gasteiger partial charge in [-0.3, -0.25) is 4.79 Å². The SMILES string of the molecule is O=c1ccc(-c2ccc(Cl)cc2)nn1CCCl. The molecule has 0 unspecified atom stereocenters. The molecule has 17 heavy (non-hydrogen) atoms. The Morgan fingerprint density at radius 2 is 1.82 bits per heavy atom. The van der Waals surface area contributed by atoms with Crippen LogP contribution in [0.2, 0.25) is 5.02 Å². The number of hydrogen-bond donors (Lipinski definition) is 0. The van der Waals surface area contributed by atoms with E-state index in [1.165, 1.54) is 10.7 Å². The topological polar surface area (TPSA) is 34.9 Å². The highest BCUT2D eigenvalue weighted by Gasteiger charge is 2.02. The van der Waals surface area contributed by atoms with Crippen LogP contribution in [0, 0.1) is 0 Å². The predicted molar refractivity (Wildman–Crippen MR) is 69.7 cm³/mol. The lowest BCUT2D eigenvalue weighted by molar-refractivity contribution is 0.623. The third-order valence-electron chi connectivity index (χ3n) is 2.30. The molecular formula is C12H10Cl2N2O. The second-order valence-corrected chi connectivity index (χ2v) is 4.29. The molecular weight excluding hydrogens is 259 g/mol. The number of benzene rings is 1. The van der Waals surface area contributed by atoms with Gasteiger partial charge < -0.3 is 0 Å². The summed E-state index contributed by atoms with van der Waals surface area (Å²) in [5.74, 6) is 0.358. The minimum atomic E-state index is -0.150. The summed E-state index contributed by atoms with van der Waals surface area (Å²) in [6.45, 7) is 0.405. The molecule has 0 bridgehead atoms. The van der Waals surface area contributed by atoms with Crippen molar-refractivity contribution in [2.24, 2.45) is 0 Å².